The summed E-state index contributed by atoms with van der Waals surface area (Å²) in [6.45, 7) is 2.23. The van der Waals surface area contributed by atoms with Crippen LogP contribution in [0.4, 0.5) is 0 Å². The van der Waals surface area contributed by atoms with Crippen LogP contribution < -0.4 is 0 Å². The molecule has 0 spiro atoms. The van der Waals surface area contributed by atoms with Gasteiger partial charge >= 0.3 is 5.97 Å². The van der Waals surface area contributed by atoms with Crippen molar-refractivity contribution in [2.45, 2.75) is 96.2 Å². The van der Waals surface area contributed by atoms with E-state index in [-0.39, 0.29) is 30.5 Å². The fraction of sp³-hybridized carbons (Fsp3) is 0.826. The summed E-state index contributed by atoms with van der Waals surface area (Å²) in [5, 5.41) is 29.5. The zero-order valence-corrected chi connectivity index (χ0v) is 17.3. The molecule has 2 saturated carbocycles. The van der Waals surface area contributed by atoms with Gasteiger partial charge in [0.15, 0.2) is 0 Å². The number of aliphatic hydroxyl groups excluding tert-OH is 2. The van der Waals surface area contributed by atoms with Gasteiger partial charge in [-0.1, -0.05) is 57.6 Å². The molecule has 5 heteroatoms. The van der Waals surface area contributed by atoms with Crippen LogP contribution in [-0.4, -0.2) is 39.3 Å². The van der Waals surface area contributed by atoms with Gasteiger partial charge in [-0.2, -0.15) is 0 Å². The van der Waals surface area contributed by atoms with Crippen LogP contribution in [0.1, 0.15) is 84.0 Å². The minimum atomic E-state index is -0.763. The number of unbranched alkanes of at least 4 members (excludes halogenated alkanes) is 3. The summed E-state index contributed by atoms with van der Waals surface area (Å²) in [5.41, 5.74) is 0. The molecule has 0 bridgehead atoms. The average molecular weight is 395 g/mol. The maximum Gasteiger partial charge on any atom is 0.303 e. The maximum atomic E-state index is 12.3. The Bertz CT molecular complexity index is 521. The molecule has 0 amide bonds. The van der Waals surface area contributed by atoms with Crippen LogP contribution in [0.15, 0.2) is 12.2 Å². The first-order valence-corrected chi connectivity index (χ1v) is 11.2. The molecule has 2 aliphatic carbocycles. The van der Waals surface area contributed by atoms with Crippen molar-refractivity contribution in [3.8, 4) is 0 Å². The van der Waals surface area contributed by atoms with Gasteiger partial charge in [0.1, 0.15) is 5.78 Å². The largest absolute Gasteiger partial charge is 0.481 e. The Kier molecular flexibility index (Phi) is 9.66. The molecule has 3 N–H and O–H groups in total. The summed E-state index contributed by atoms with van der Waals surface area (Å²) < 4.78 is 0. The lowest BCUT2D eigenvalue weighted by atomic mass is 9.78. The van der Waals surface area contributed by atoms with Gasteiger partial charge in [-0.05, 0) is 37.5 Å². The zero-order chi connectivity index (χ0) is 20.5. The number of carboxylic acids is 1. The van der Waals surface area contributed by atoms with E-state index in [0.29, 0.717) is 12.3 Å². The highest BCUT2D eigenvalue weighted by Gasteiger charge is 2.39. The van der Waals surface area contributed by atoms with Crippen molar-refractivity contribution >= 4 is 11.8 Å². The van der Waals surface area contributed by atoms with Crippen LogP contribution in [0, 0.1) is 23.7 Å². The van der Waals surface area contributed by atoms with E-state index in [9.17, 15) is 19.8 Å². The Morgan fingerprint density at radius 3 is 2.46 bits per heavy atom. The third-order valence-corrected chi connectivity index (χ3v) is 6.87. The van der Waals surface area contributed by atoms with Gasteiger partial charge in [0.2, 0.25) is 0 Å². The summed E-state index contributed by atoms with van der Waals surface area (Å²) in [5.74, 6) is 0.0659. The number of Topliss-reactive ketones (excluding diaryl/α,β-unsaturated/α-hetero) is 1. The predicted molar refractivity (Wildman–Crippen MR) is 109 cm³/mol. The summed E-state index contributed by atoms with van der Waals surface area (Å²) in [7, 11) is 0. The van der Waals surface area contributed by atoms with Crippen LogP contribution in [-0.2, 0) is 9.59 Å². The molecule has 0 radical (unpaired) electrons. The van der Waals surface area contributed by atoms with E-state index >= 15 is 0 Å². The van der Waals surface area contributed by atoms with Crippen molar-refractivity contribution in [1.82, 2.24) is 0 Å². The minimum Gasteiger partial charge on any atom is -0.481 e. The molecule has 0 aromatic carbocycles. The highest BCUT2D eigenvalue weighted by molar-refractivity contribution is 5.84. The molecule has 5 nitrogen and oxygen atoms in total. The Morgan fingerprint density at radius 2 is 1.82 bits per heavy atom. The molecule has 2 rings (SSSR count). The molecule has 2 fully saturated rings. The molecule has 4 atom stereocenters. The van der Waals surface area contributed by atoms with E-state index in [0.717, 1.165) is 44.4 Å². The van der Waals surface area contributed by atoms with Crippen LogP contribution >= 0.6 is 0 Å². The van der Waals surface area contributed by atoms with Crippen molar-refractivity contribution in [3.63, 3.8) is 0 Å². The average Bonchev–Trinajstić information content (AvgIpc) is 2.95. The second-order valence-corrected chi connectivity index (χ2v) is 8.83. The van der Waals surface area contributed by atoms with Crippen molar-refractivity contribution in [2.24, 2.45) is 23.7 Å². The number of rotatable bonds is 11. The van der Waals surface area contributed by atoms with Crippen LogP contribution in [0.5, 0.6) is 0 Å². The first-order chi connectivity index (χ1) is 13.4. The fourth-order valence-electron chi connectivity index (χ4n) is 4.92. The molecule has 0 unspecified atom stereocenters. The van der Waals surface area contributed by atoms with Gasteiger partial charge in [-0.3, -0.25) is 9.59 Å². The third-order valence-electron chi connectivity index (χ3n) is 6.87. The highest BCUT2D eigenvalue weighted by atomic mass is 16.4. The molecule has 2 aliphatic rings. The summed E-state index contributed by atoms with van der Waals surface area (Å²) >= 11 is 0. The zero-order valence-electron chi connectivity index (χ0n) is 17.3. The number of carboxylic acid groups (broad SMARTS) is 1. The standard InChI is InChI=1S/C23H38O5/c1-2-16-9-11-17(12-10-16)20(24)14-13-19-18(21(25)15-22(19)26)7-5-3-4-6-8-23(27)28/h13-14,16-20,22,24,26H,2-12,15H2,1H3,(H,27,28)/t16-,17-,18-,19-,20-,22-/m1/s1. The molecular formula is C23H38O5. The molecule has 28 heavy (non-hydrogen) atoms. The Morgan fingerprint density at radius 1 is 1.14 bits per heavy atom. The molecule has 0 aromatic heterocycles. The predicted octanol–water partition coefficient (Wildman–Crippen LogP) is 4.11. The van der Waals surface area contributed by atoms with Gasteiger partial charge in [0.25, 0.3) is 0 Å². The Hall–Kier alpha value is -1.20. The van der Waals surface area contributed by atoms with E-state index in [4.69, 9.17) is 5.11 Å². The van der Waals surface area contributed by atoms with E-state index in [1.807, 2.05) is 12.2 Å². The highest BCUT2D eigenvalue weighted by Crippen LogP contribution is 2.36. The molecule has 160 valence electrons. The summed E-state index contributed by atoms with van der Waals surface area (Å²) in [6.07, 6.45) is 12.7. The molecule has 0 aromatic rings. The summed E-state index contributed by atoms with van der Waals surface area (Å²) in [4.78, 5) is 22.8. The van der Waals surface area contributed by atoms with Crippen molar-refractivity contribution in [1.29, 1.82) is 0 Å². The first-order valence-electron chi connectivity index (χ1n) is 11.2. The number of carbonyl (C=O) groups excluding carboxylic acids is 1. The van der Waals surface area contributed by atoms with Crippen molar-refractivity contribution < 1.29 is 24.9 Å². The van der Waals surface area contributed by atoms with Gasteiger partial charge in [-0.15, -0.1) is 0 Å². The number of hydrogen-bond donors (Lipinski definition) is 3. The van der Waals surface area contributed by atoms with Gasteiger partial charge in [-0.25, -0.2) is 0 Å². The number of carbonyl (C=O) groups is 2. The fourth-order valence-corrected chi connectivity index (χ4v) is 4.92. The number of hydrogen-bond acceptors (Lipinski definition) is 4. The van der Waals surface area contributed by atoms with E-state index < -0.39 is 18.2 Å². The lowest BCUT2D eigenvalue weighted by molar-refractivity contribution is -0.137. The van der Waals surface area contributed by atoms with Crippen LogP contribution in [0.25, 0.3) is 0 Å². The number of aliphatic hydroxyl groups is 2. The van der Waals surface area contributed by atoms with Gasteiger partial charge in [0, 0.05) is 24.7 Å². The van der Waals surface area contributed by atoms with Crippen LogP contribution in [0.2, 0.25) is 0 Å². The van der Waals surface area contributed by atoms with Crippen LogP contribution in [0.3, 0.4) is 0 Å². The molecule has 0 heterocycles. The van der Waals surface area contributed by atoms with Gasteiger partial charge in [0.05, 0.1) is 12.2 Å². The van der Waals surface area contributed by atoms with E-state index in [1.165, 1.54) is 19.3 Å². The second-order valence-electron chi connectivity index (χ2n) is 8.83. The van der Waals surface area contributed by atoms with E-state index in [1.54, 1.807) is 0 Å². The normalized spacial score (nSPS) is 32.1. The Balaban J connectivity index is 1.79. The SMILES string of the molecule is CC[C@H]1CC[C@H]([C@H](O)C=C[C@H]2[C@H](O)CC(=O)[C@@H]2CCCCCCC(=O)O)CC1. The topological polar surface area (TPSA) is 94.8 Å². The first kappa shape index (κ1) is 23.1. The smallest absolute Gasteiger partial charge is 0.303 e. The Labute approximate surface area is 169 Å². The molecular weight excluding hydrogens is 356 g/mol. The lowest BCUT2D eigenvalue weighted by Gasteiger charge is -2.30. The molecule has 0 aliphatic heterocycles. The van der Waals surface area contributed by atoms with Crippen molar-refractivity contribution in [3.05, 3.63) is 12.2 Å². The quantitative estimate of drug-likeness (QED) is 0.362. The third kappa shape index (κ3) is 7.00. The monoisotopic (exact) mass is 394 g/mol. The summed E-state index contributed by atoms with van der Waals surface area (Å²) in [6, 6.07) is 0. The van der Waals surface area contributed by atoms with Gasteiger partial charge < -0.3 is 15.3 Å². The number of ketones is 1. The number of aliphatic carboxylic acids is 1. The molecule has 0 saturated heterocycles. The van der Waals surface area contributed by atoms with E-state index in [2.05, 4.69) is 6.92 Å². The second kappa shape index (κ2) is 11.7. The minimum absolute atomic E-state index is 0.116. The van der Waals surface area contributed by atoms with Crippen molar-refractivity contribution in [2.75, 3.05) is 0 Å². The maximum absolute atomic E-state index is 12.3. The lowest BCUT2D eigenvalue weighted by Crippen LogP contribution is -2.25.